The highest BCUT2D eigenvalue weighted by Crippen LogP contribution is 2.25. The van der Waals surface area contributed by atoms with Crippen molar-refractivity contribution in [2.45, 2.75) is 51.3 Å². The lowest BCUT2D eigenvalue weighted by atomic mass is 10.2. The van der Waals surface area contributed by atoms with Crippen molar-refractivity contribution in [3.63, 3.8) is 0 Å². The number of anilines is 2. The molecule has 3 N–H and O–H groups in total. The molecule has 0 aromatic carbocycles. The Bertz CT molecular complexity index is 620. The Hall–Kier alpha value is -1.76. The van der Waals surface area contributed by atoms with Gasteiger partial charge < -0.3 is 15.8 Å². The van der Waals surface area contributed by atoms with Gasteiger partial charge in [-0.15, -0.1) is 0 Å². The van der Waals surface area contributed by atoms with Crippen LogP contribution in [0.4, 0.5) is 11.5 Å². The molecular formula is C14H24N4O3. The van der Waals surface area contributed by atoms with Crippen LogP contribution in [0.5, 0.6) is 0 Å². The zero-order valence-corrected chi connectivity index (χ0v) is 12.9. The Kier molecular flexibility index (Phi) is 4.72. The van der Waals surface area contributed by atoms with Gasteiger partial charge in [-0.25, -0.2) is 4.79 Å². The van der Waals surface area contributed by atoms with E-state index in [0.717, 1.165) is 30.3 Å². The van der Waals surface area contributed by atoms with E-state index in [1.165, 1.54) is 11.6 Å². The number of aromatic nitrogens is 2. The lowest BCUT2D eigenvalue weighted by Gasteiger charge is -2.19. The zero-order chi connectivity index (χ0) is 15.6. The Morgan fingerprint density at radius 1 is 1.38 bits per heavy atom. The van der Waals surface area contributed by atoms with Crippen LogP contribution in [-0.2, 0) is 18.3 Å². The minimum Gasteiger partial charge on any atom is -0.383 e. The largest absolute Gasteiger partial charge is 0.383 e. The molecule has 118 valence electrons. The van der Waals surface area contributed by atoms with Crippen LogP contribution in [0.15, 0.2) is 9.59 Å². The average molecular weight is 296 g/mol. The third-order valence-corrected chi connectivity index (χ3v) is 4.10. The molecule has 7 heteroatoms. The maximum absolute atomic E-state index is 12.3. The molecule has 2 atom stereocenters. The van der Waals surface area contributed by atoms with Gasteiger partial charge in [0.15, 0.2) is 0 Å². The van der Waals surface area contributed by atoms with Crippen LogP contribution in [0, 0.1) is 0 Å². The zero-order valence-electron chi connectivity index (χ0n) is 12.9. The lowest BCUT2D eigenvalue weighted by Crippen LogP contribution is -2.41. The topological polar surface area (TPSA) is 91.3 Å². The summed E-state index contributed by atoms with van der Waals surface area (Å²) in [5, 5.41) is 3.21. The summed E-state index contributed by atoms with van der Waals surface area (Å²) >= 11 is 0. The van der Waals surface area contributed by atoms with Gasteiger partial charge in [-0.05, 0) is 25.7 Å². The molecule has 7 nitrogen and oxygen atoms in total. The molecule has 0 amide bonds. The highest BCUT2D eigenvalue weighted by atomic mass is 16.5. The van der Waals surface area contributed by atoms with Gasteiger partial charge in [0.2, 0.25) is 0 Å². The molecule has 2 rings (SSSR count). The summed E-state index contributed by atoms with van der Waals surface area (Å²) in [4.78, 5) is 24.4. The Labute approximate surface area is 123 Å². The number of nitrogens with two attached hydrogens (primary N) is 1. The van der Waals surface area contributed by atoms with E-state index in [-0.39, 0.29) is 29.2 Å². The van der Waals surface area contributed by atoms with Gasteiger partial charge in [0.1, 0.15) is 11.5 Å². The van der Waals surface area contributed by atoms with Crippen molar-refractivity contribution >= 4 is 11.5 Å². The second kappa shape index (κ2) is 6.34. The van der Waals surface area contributed by atoms with Crippen LogP contribution in [-0.4, -0.2) is 28.4 Å². The maximum Gasteiger partial charge on any atom is 0.332 e. The van der Waals surface area contributed by atoms with E-state index >= 15 is 0 Å². The molecule has 0 spiro atoms. The fourth-order valence-electron chi connectivity index (χ4n) is 2.85. The van der Waals surface area contributed by atoms with Crippen molar-refractivity contribution in [1.29, 1.82) is 0 Å². The van der Waals surface area contributed by atoms with Crippen LogP contribution >= 0.6 is 0 Å². The van der Waals surface area contributed by atoms with Crippen LogP contribution < -0.4 is 22.3 Å². The van der Waals surface area contributed by atoms with Crippen LogP contribution in [0.1, 0.15) is 32.6 Å². The van der Waals surface area contributed by atoms with Crippen molar-refractivity contribution < 1.29 is 4.74 Å². The normalized spacial score (nSPS) is 21.7. The van der Waals surface area contributed by atoms with Gasteiger partial charge in [-0.2, -0.15) is 0 Å². The average Bonchev–Trinajstić information content (AvgIpc) is 2.94. The standard InChI is InChI=1S/C14H24N4O3/c1-4-7-18-12(15)11(13(19)17(2)14(18)20)16-9-5-6-10(8-9)21-3/h9-10,16H,4-8,15H2,1-3H3. The minimum absolute atomic E-state index is 0.150. The third kappa shape index (κ3) is 2.97. The molecule has 0 radical (unpaired) electrons. The predicted molar refractivity (Wildman–Crippen MR) is 82.7 cm³/mol. The Morgan fingerprint density at radius 3 is 2.67 bits per heavy atom. The first-order valence-electron chi connectivity index (χ1n) is 7.38. The van der Waals surface area contributed by atoms with Crippen LogP contribution in [0.25, 0.3) is 0 Å². The van der Waals surface area contributed by atoms with Gasteiger partial charge in [0, 0.05) is 26.7 Å². The number of ether oxygens (including phenoxy) is 1. The molecule has 1 aliphatic carbocycles. The number of rotatable bonds is 5. The van der Waals surface area contributed by atoms with E-state index in [9.17, 15) is 9.59 Å². The highest BCUT2D eigenvalue weighted by Gasteiger charge is 2.26. The minimum atomic E-state index is -0.370. The van der Waals surface area contributed by atoms with E-state index in [1.807, 2.05) is 6.92 Å². The molecule has 1 aromatic heterocycles. The molecule has 0 bridgehead atoms. The smallest absolute Gasteiger partial charge is 0.332 e. The van der Waals surface area contributed by atoms with Crippen molar-refractivity contribution in [1.82, 2.24) is 9.13 Å². The second-order valence-electron chi connectivity index (χ2n) is 5.57. The molecule has 21 heavy (non-hydrogen) atoms. The van der Waals surface area contributed by atoms with E-state index in [4.69, 9.17) is 10.5 Å². The Morgan fingerprint density at radius 2 is 2.10 bits per heavy atom. The summed E-state index contributed by atoms with van der Waals surface area (Å²) in [6.45, 7) is 2.46. The van der Waals surface area contributed by atoms with Crippen molar-refractivity contribution in [2.24, 2.45) is 7.05 Å². The van der Waals surface area contributed by atoms with Crippen molar-refractivity contribution in [3.8, 4) is 0 Å². The molecule has 2 unspecified atom stereocenters. The number of hydrogen-bond acceptors (Lipinski definition) is 5. The van der Waals surface area contributed by atoms with Crippen molar-refractivity contribution in [2.75, 3.05) is 18.2 Å². The summed E-state index contributed by atoms with van der Waals surface area (Å²) in [5.41, 5.74) is 5.63. The van der Waals surface area contributed by atoms with Crippen LogP contribution in [0.3, 0.4) is 0 Å². The van der Waals surface area contributed by atoms with Gasteiger partial charge in [-0.1, -0.05) is 6.92 Å². The molecule has 1 heterocycles. The molecule has 1 aliphatic rings. The molecule has 1 fully saturated rings. The first kappa shape index (κ1) is 15.6. The highest BCUT2D eigenvalue weighted by molar-refractivity contribution is 5.61. The molecule has 1 saturated carbocycles. The summed E-state index contributed by atoms with van der Waals surface area (Å²) in [7, 11) is 3.18. The number of nitrogen functional groups attached to an aromatic ring is 1. The first-order valence-corrected chi connectivity index (χ1v) is 7.38. The molecular weight excluding hydrogens is 272 g/mol. The molecule has 1 aromatic rings. The predicted octanol–water partition coefficient (Wildman–Crippen LogP) is 0.519. The SMILES string of the molecule is CCCn1c(N)c(NC2CCC(OC)C2)c(=O)n(C)c1=O. The van der Waals surface area contributed by atoms with Gasteiger partial charge in [0.25, 0.3) is 5.56 Å². The Balaban J connectivity index is 2.35. The summed E-state index contributed by atoms with van der Waals surface area (Å²) < 4.78 is 7.89. The van der Waals surface area contributed by atoms with Crippen molar-refractivity contribution in [3.05, 3.63) is 20.8 Å². The summed E-state index contributed by atoms with van der Waals surface area (Å²) in [5.74, 6) is 0.228. The first-order chi connectivity index (χ1) is 9.99. The van der Waals surface area contributed by atoms with E-state index in [2.05, 4.69) is 5.32 Å². The number of hydrogen-bond donors (Lipinski definition) is 2. The van der Waals surface area contributed by atoms with Gasteiger partial charge >= 0.3 is 5.69 Å². The number of methoxy groups -OCH3 is 1. The van der Waals surface area contributed by atoms with Gasteiger partial charge in [0.05, 0.1) is 6.10 Å². The number of nitrogens with one attached hydrogen (secondary N) is 1. The molecule has 0 aliphatic heterocycles. The number of nitrogens with zero attached hydrogens (tertiary/aromatic N) is 2. The van der Waals surface area contributed by atoms with Crippen LogP contribution in [0.2, 0.25) is 0 Å². The summed E-state index contributed by atoms with van der Waals surface area (Å²) in [6.07, 6.45) is 3.72. The quantitative estimate of drug-likeness (QED) is 0.826. The molecule has 0 saturated heterocycles. The van der Waals surface area contributed by atoms with Gasteiger partial charge in [-0.3, -0.25) is 13.9 Å². The lowest BCUT2D eigenvalue weighted by molar-refractivity contribution is 0.108. The van der Waals surface area contributed by atoms with E-state index in [1.54, 1.807) is 7.11 Å². The second-order valence-corrected chi connectivity index (χ2v) is 5.57. The third-order valence-electron chi connectivity index (χ3n) is 4.10. The van der Waals surface area contributed by atoms with E-state index in [0.29, 0.717) is 12.2 Å². The fraction of sp³-hybridized carbons (Fsp3) is 0.714. The van der Waals surface area contributed by atoms with E-state index < -0.39 is 0 Å². The maximum atomic E-state index is 12.3. The monoisotopic (exact) mass is 296 g/mol. The fourth-order valence-corrected chi connectivity index (χ4v) is 2.85. The summed E-state index contributed by atoms with van der Waals surface area (Å²) in [6, 6.07) is 0.150.